The van der Waals surface area contributed by atoms with Gasteiger partial charge in [-0.1, -0.05) is 0 Å². The van der Waals surface area contributed by atoms with E-state index in [9.17, 15) is 0 Å². The highest BCUT2D eigenvalue weighted by Crippen LogP contribution is 2.36. The standard InChI is InChI=1S/C9H15N3S/c1-5-4-7-8(6(2)12(5)3)13-9(10)11-7/h5-6H,4H2,1-3H3,(H2,10,11). The van der Waals surface area contributed by atoms with Crippen LogP contribution in [0.25, 0.3) is 0 Å². The Morgan fingerprint density at radius 1 is 1.54 bits per heavy atom. The molecular weight excluding hydrogens is 182 g/mol. The normalized spacial score (nSPS) is 28.8. The Morgan fingerprint density at radius 2 is 2.23 bits per heavy atom. The molecule has 0 amide bonds. The highest BCUT2D eigenvalue weighted by Gasteiger charge is 2.29. The van der Waals surface area contributed by atoms with Crippen LogP contribution in [-0.4, -0.2) is 23.0 Å². The fraction of sp³-hybridized carbons (Fsp3) is 0.667. The van der Waals surface area contributed by atoms with Crippen molar-refractivity contribution in [2.45, 2.75) is 32.4 Å². The molecule has 4 heteroatoms. The molecule has 2 N–H and O–H groups in total. The quantitative estimate of drug-likeness (QED) is 0.688. The summed E-state index contributed by atoms with van der Waals surface area (Å²) in [6.45, 7) is 4.45. The molecule has 0 radical (unpaired) electrons. The van der Waals surface area contributed by atoms with E-state index >= 15 is 0 Å². The molecule has 1 aliphatic heterocycles. The lowest BCUT2D eigenvalue weighted by Crippen LogP contribution is -2.37. The number of thiazole rings is 1. The van der Waals surface area contributed by atoms with Gasteiger partial charge in [0.1, 0.15) is 0 Å². The maximum absolute atomic E-state index is 5.70. The minimum atomic E-state index is 0.466. The van der Waals surface area contributed by atoms with Gasteiger partial charge < -0.3 is 5.73 Å². The first-order valence-electron chi connectivity index (χ1n) is 4.56. The lowest BCUT2D eigenvalue weighted by atomic mass is 10.0. The third kappa shape index (κ3) is 1.34. The summed E-state index contributed by atoms with van der Waals surface area (Å²) in [5, 5.41) is 0.708. The zero-order chi connectivity index (χ0) is 9.59. The van der Waals surface area contributed by atoms with Gasteiger partial charge in [-0.05, 0) is 20.9 Å². The predicted molar refractivity (Wildman–Crippen MR) is 55.9 cm³/mol. The Kier molecular flexibility index (Phi) is 2.04. The lowest BCUT2D eigenvalue weighted by Gasteiger charge is -2.34. The second-order valence-electron chi connectivity index (χ2n) is 3.76. The van der Waals surface area contributed by atoms with Crippen LogP contribution < -0.4 is 5.73 Å². The van der Waals surface area contributed by atoms with Crippen LogP contribution in [0.15, 0.2) is 0 Å². The molecule has 1 aromatic heterocycles. The number of nitrogen functional groups attached to an aromatic ring is 1. The number of nitrogens with two attached hydrogens (primary N) is 1. The van der Waals surface area contributed by atoms with E-state index in [1.165, 1.54) is 10.6 Å². The molecule has 0 saturated heterocycles. The van der Waals surface area contributed by atoms with E-state index in [2.05, 4.69) is 30.8 Å². The smallest absolute Gasteiger partial charge is 0.180 e. The maximum atomic E-state index is 5.70. The summed E-state index contributed by atoms with van der Waals surface area (Å²) >= 11 is 1.63. The Balaban J connectivity index is 2.42. The molecule has 0 fully saturated rings. The van der Waals surface area contributed by atoms with Gasteiger partial charge in [0.05, 0.1) is 5.69 Å². The van der Waals surface area contributed by atoms with Gasteiger partial charge in [-0.2, -0.15) is 0 Å². The highest BCUT2D eigenvalue weighted by molar-refractivity contribution is 7.15. The van der Waals surface area contributed by atoms with Gasteiger partial charge in [0.2, 0.25) is 0 Å². The van der Waals surface area contributed by atoms with Gasteiger partial charge in [-0.3, -0.25) is 4.90 Å². The summed E-state index contributed by atoms with van der Waals surface area (Å²) in [5.74, 6) is 0. The minimum absolute atomic E-state index is 0.466. The fourth-order valence-corrected chi connectivity index (χ4v) is 2.81. The summed E-state index contributed by atoms with van der Waals surface area (Å²) in [7, 11) is 2.16. The van der Waals surface area contributed by atoms with Crippen molar-refractivity contribution in [3.63, 3.8) is 0 Å². The first kappa shape index (κ1) is 8.97. The van der Waals surface area contributed by atoms with Gasteiger partial charge in [-0.15, -0.1) is 11.3 Å². The van der Waals surface area contributed by atoms with Gasteiger partial charge in [0.15, 0.2) is 5.13 Å². The first-order valence-corrected chi connectivity index (χ1v) is 5.38. The molecule has 1 aromatic rings. The van der Waals surface area contributed by atoms with Gasteiger partial charge in [0, 0.05) is 23.4 Å². The number of rotatable bonds is 0. The third-order valence-electron chi connectivity index (χ3n) is 2.92. The van der Waals surface area contributed by atoms with E-state index in [0.29, 0.717) is 17.2 Å². The third-order valence-corrected chi connectivity index (χ3v) is 4.02. The van der Waals surface area contributed by atoms with E-state index in [0.717, 1.165) is 6.42 Å². The Labute approximate surface area is 82.6 Å². The average molecular weight is 197 g/mol. The number of anilines is 1. The van der Waals surface area contributed by atoms with Crippen LogP contribution in [-0.2, 0) is 6.42 Å². The molecule has 1 aliphatic rings. The molecule has 2 heterocycles. The summed E-state index contributed by atoms with van der Waals surface area (Å²) in [5.41, 5.74) is 6.91. The van der Waals surface area contributed by atoms with Crippen molar-refractivity contribution in [2.24, 2.45) is 0 Å². The number of fused-ring (bicyclic) bond motifs is 1. The van der Waals surface area contributed by atoms with Crippen molar-refractivity contribution < 1.29 is 0 Å². The van der Waals surface area contributed by atoms with Crippen molar-refractivity contribution >= 4 is 16.5 Å². The first-order chi connectivity index (χ1) is 6.09. The van der Waals surface area contributed by atoms with Crippen LogP contribution in [0.2, 0.25) is 0 Å². The Bertz CT molecular complexity index is 321. The van der Waals surface area contributed by atoms with E-state index < -0.39 is 0 Å². The number of hydrogen-bond acceptors (Lipinski definition) is 4. The van der Waals surface area contributed by atoms with E-state index in [-0.39, 0.29) is 0 Å². The Hall–Kier alpha value is -0.610. The van der Waals surface area contributed by atoms with Crippen LogP contribution in [0.3, 0.4) is 0 Å². The van der Waals surface area contributed by atoms with E-state index in [1.54, 1.807) is 11.3 Å². The summed E-state index contributed by atoms with van der Waals surface area (Å²) in [6, 6.07) is 1.04. The number of likely N-dealkylation sites (N-methyl/N-ethyl adjacent to an activating group) is 1. The maximum Gasteiger partial charge on any atom is 0.180 e. The van der Waals surface area contributed by atoms with Crippen molar-refractivity contribution in [3.05, 3.63) is 10.6 Å². The van der Waals surface area contributed by atoms with Crippen LogP contribution in [0, 0.1) is 0 Å². The molecule has 72 valence electrons. The van der Waals surface area contributed by atoms with Crippen molar-refractivity contribution in [3.8, 4) is 0 Å². The lowest BCUT2D eigenvalue weighted by molar-refractivity contribution is 0.181. The fourth-order valence-electron chi connectivity index (χ4n) is 1.85. The molecule has 13 heavy (non-hydrogen) atoms. The van der Waals surface area contributed by atoms with E-state index in [1.807, 2.05) is 0 Å². The monoisotopic (exact) mass is 197 g/mol. The summed E-state index contributed by atoms with van der Waals surface area (Å²) < 4.78 is 0. The second kappa shape index (κ2) is 2.96. The molecule has 2 rings (SSSR count). The van der Waals surface area contributed by atoms with Crippen LogP contribution >= 0.6 is 11.3 Å². The molecular formula is C9H15N3S. The largest absolute Gasteiger partial charge is 0.375 e. The summed E-state index contributed by atoms with van der Waals surface area (Å²) in [4.78, 5) is 8.08. The molecule has 2 atom stereocenters. The molecule has 0 bridgehead atoms. The minimum Gasteiger partial charge on any atom is -0.375 e. The zero-order valence-electron chi connectivity index (χ0n) is 8.24. The molecule has 2 unspecified atom stereocenters. The van der Waals surface area contributed by atoms with Gasteiger partial charge in [0.25, 0.3) is 0 Å². The van der Waals surface area contributed by atoms with Crippen LogP contribution in [0.4, 0.5) is 5.13 Å². The topological polar surface area (TPSA) is 42.1 Å². The van der Waals surface area contributed by atoms with Crippen molar-refractivity contribution in [1.29, 1.82) is 0 Å². The zero-order valence-corrected chi connectivity index (χ0v) is 9.06. The molecule has 0 saturated carbocycles. The number of aromatic nitrogens is 1. The molecule has 0 spiro atoms. The Morgan fingerprint density at radius 3 is 2.92 bits per heavy atom. The molecule has 0 aliphatic carbocycles. The van der Waals surface area contributed by atoms with Gasteiger partial charge >= 0.3 is 0 Å². The molecule has 3 nitrogen and oxygen atoms in total. The van der Waals surface area contributed by atoms with Crippen molar-refractivity contribution in [1.82, 2.24) is 9.88 Å². The van der Waals surface area contributed by atoms with Gasteiger partial charge in [-0.25, -0.2) is 4.98 Å². The number of nitrogens with zero attached hydrogens (tertiary/aromatic N) is 2. The SMILES string of the molecule is CC1Cc2nc(N)sc2C(C)N1C. The van der Waals surface area contributed by atoms with Crippen LogP contribution in [0.5, 0.6) is 0 Å². The number of hydrogen-bond donors (Lipinski definition) is 1. The van der Waals surface area contributed by atoms with Crippen molar-refractivity contribution in [2.75, 3.05) is 12.8 Å². The second-order valence-corrected chi connectivity index (χ2v) is 4.82. The summed E-state index contributed by atoms with van der Waals surface area (Å²) in [6.07, 6.45) is 1.03. The van der Waals surface area contributed by atoms with Crippen LogP contribution in [0.1, 0.15) is 30.5 Å². The highest BCUT2D eigenvalue weighted by atomic mass is 32.1. The average Bonchev–Trinajstić information content (AvgIpc) is 2.42. The predicted octanol–water partition coefficient (Wildman–Crippen LogP) is 1.66. The molecule has 0 aromatic carbocycles. The van der Waals surface area contributed by atoms with E-state index in [4.69, 9.17) is 5.73 Å².